The fourth-order valence-electron chi connectivity index (χ4n) is 1.05. The first-order valence-electron chi connectivity index (χ1n) is 4.51. The van der Waals surface area contributed by atoms with Crippen LogP contribution < -0.4 is 9.88 Å². The first-order valence-corrected chi connectivity index (χ1v) is 6.81. The molecule has 0 saturated carbocycles. The van der Waals surface area contributed by atoms with Crippen LogP contribution in [-0.4, -0.2) is 15.0 Å². The van der Waals surface area contributed by atoms with E-state index in [1.807, 2.05) is 6.92 Å². The van der Waals surface area contributed by atoms with Crippen LogP contribution in [0.1, 0.15) is 13.3 Å². The number of ether oxygens (including phenoxy) is 1. The van der Waals surface area contributed by atoms with Gasteiger partial charge in [0.25, 0.3) is 0 Å². The van der Waals surface area contributed by atoms with E-state index in [2.05, 4.69) is 0 Å². The van der Waals surface area contributed by atoms with E-state index < -0.39 is 10.0 Å². The molecule has 7 heteroatoms. The summed E-state index contributed by atoms with van der Waals surface area (Å²) in [5.74, 6) is 0.348. The number of hydrogen-bond acceptors (Lipinski definition) is 3. The van der Waals surface area contributed by atoms with Crippen molar-refractivity contribution in [2.24, 2.45) is 5.14 Å². The first kappa shape index (κ1) is 13.6. The van der Waals surface area contributed by atoms with E-state index in [-0.39, 0.29) is 14.9 Å². The standard InChI is InChI=1S/C9H11Cl2NO3S/c1-2-3-15-8-4-7(11)9(5-6(8)10)16(12,13)14/h4-5H,2-3H2,1H3,(H2,12,13,14). The molecule has 0 bridgehead atoms. The third kappa shape index (κ3) is 3.25. The average molecular weight is 284 g/mol. The quantitative estimate of drug-likeness (QED) is 0.923. The number of nitrogens with two attached hydrogens (primary N) is 1. The number of benzene rings is 1. The van der Waals surface area contributed by atoms with Gasteiger partial charge in [-0.1, -0.05) is 30.1 Å². The fraction of sp³-hybridized carbons (Fsp3) is 0.333. The van der Waals surface area contributed by atoms with Gasteiger partial charge in [0.2, 0.25) is 10.0 Å². The lowest BCUT2D eigenvalue weighted by Crippen LogP contribution is -2.13. The molecule has 0 aliphatic heterocycles. The Morgan fingerprint density at radius 2 is 1.94 bits per heavy atom. The highest BCUT2D eigenvalue weighted by molar-refractivity contribution is 7.89. The molecule has 0 amide bonds. The summed E-state index contributed by atoms with van der Waals surface area (Å²) in [5, 5.41) is 5.13. The second-order valence-electron chi connectivity index (χ2n) is 3.11. The highest BCUT2D eigenvalue weighted by Gasteiger charge is 2.16. The molecule has 16 heavy (non-hydrogen) atoms. The van der Waals surface area contributed by atoms with Crippen LogP contribution in [0.4, 0.5) is 0 Å². The Balaban J connectivity index is 3.17. The van der Waals surface area contributed by atoms with Crippen LogP contribution in [0, 0.1) is 0 Å². The van der Waals surface area contributed by atoms with Crippen molar-refractivity contribution >= 4 is 33.2 Å². The Kier molecular flexibility index (Phi) is 4.43. The number of primary sulfonamides is 1. The molecule has 0 aliphatic carbocycles. The van der Waals surface area contributed by atoms with Crippen molar-refractivity contribution < 1.29 is 13.2 Å². The van der Waals surface area contributed by atoms with Crippen LogP contribution in [-0.2, 0) is 10.0 Å². The third-order valence-electron chi connectivity index (χ3n) is 1.75. The Labute approximate surface area is 104 Å². The Morgan fingerprint density at radius 3 is 2.44 bits per heavy atom. The van der Waals surface area contributed by atoms with Gasteiger partial charge in [-0.25, -0.2) is 13.6 Å². The molecule has 0 heterocycles. The molecule has 0 fully saturated rings. The van der Waals surface area contributed by atoms with Crippen LogP contribution in [0.5, 0.6) is 5.75 Å². The minimum Gasteiger partial charge on any atom is -0.492 e. The minimum atomic E-state index is -3.87. The number of sulfonamides is 1. The van der Waals surface area contributed by atoms with Gasteiger partial charge in [0, 0.05) is 6.07 Å². The second-order valence-corrected chi connectivity index (χ2v) is 5.45. The van der Waals surface area contributed by atoms with Crippen LogP contribution in [0.3, 0.4) is 0 Å². The maximum atomic E-state index is 11.1. The average Bonchev–Trinajstić information content (AvgIpc) is 2.17. The summed E-state index contributed by atoms with van der Waals surface area (Å²) < 4.78 is 27.5. The smallest absolute Gasteiger partial charge is 0.239 e. The zero-order chi connectivity index (χ0) is 12.3. The molecule has 90 valence electrons. The number of rotatable bonds is 4. The summed E-state index contributed by atoms with van der Waals surface area (Å²) in [5.41, 5.74) is 0. The minimum absolute atomic E-state index is 0.00185. The van der Waals surface area contributed by atoms with Crippen LogP contribution >= 0.6 is 23.2 Å². The largest absolute Gasteiger partial charge is 0.492 e. The molecule has 0 radical (unpaired) electrons. The normalized spacial score (nSPS) is 11.5. The van der Waals surface area contributed by atoms with Crippen molar-refractivity contribution in [1.29, 1.82) is 0 Å². The van der Waals surface area contributed by atoms with Gasteiger partial charge in [0.15, 0.2) is 0 Å². The zero-order valence-corrected chi connectivity index (χ0v) is 10.9. The van der Waals surface area contributed by atoms with E-state index >= 15 is 0 Å². The van der Waals surface area contributed by atoms with E-state index in [1.165, 1.54) is 12.1 Å². The van der Waals surface area contributed by atoms with E-state index in [4.69, 9.17) is 33.1 Å². The van der Waals surface area contributed by atoms with Crippen LogP contribution in [0.15, 0.2) is 17.0 Å². The molecule has 0 unspecified atom stereocenters. The molecule has 2 N–H and O–H groups in total. The topological polar surface area (TPSA) is 69.4 Å². The van der Waals surface area contributed by atoms with Gasteiger partial charge in [-0.3, -0.25) is 0 Å². The third-order valence-corrected chi connectivity index (χ3v) is 3.43. The van der Waals surface area contributed by atoms with Crippen LogP contribution in [0.2, 0.25) is 10.0 Å². The van der Waals surface area contributed by atoms with Gasteiger partial charge in [0.1, 0.15) is 10.6 Å². The van der Waals surface area contributed by atoms with Crippen molar-refractivity contribution in [2.45, 2.75) is 18.2 Å². The van der Waals surface area contributed by atoms with Crippen molar-refractivity contribution in [1.82, 2.24) is 0 Å². The molecule has 1 aromatic carbocycles. The molecule has 0 atom stereocenters. The summed E-state index contributed by atoms with van der Waals surface area (Å²) in [6.45, 7) is 2.42. The van der Waals surface area contributed by atoms with Gasteiger partial charge in [-0.05, 0) is 12.5 Å². The SMILES string of the molecule is CCCOc1cc(Cl)c(S(N)(=O)=O)cc1Cl. The van der Waals surface area contributed by atoms with Gasteiger partial charge in [0.05, 0.1) is 16.7 Å². The van der Waals surface area contributed by atoms with Gasteiger partial charge in [-0.15, -0.1) is 0 Å². The molecule has 0 spiro atoms. The summed E-state index contributed by atoms with van der Waals surface area (Å²) in [4.78, 5) is -0.206. The highest BCUT2D eigenvalue weighted by Crippen LogP contribution is 2.33. The summed E-state index contributed by atoms with van der Waals surface area (Å²) >= 11 is 11.6. The Hall–Kier alpha value is -0.490. The van der Waals surface area contributed by atoms with Gasteiger partial charge >= 0.3 is 0 Å². The molecule has 0 aliphatic rings. The predicted octanol–water partition coefficient (Wildman–Crippen LogP) is 2.43. The molecule has 4 nitrogen and oxygen atoms in total. The first-order chi connectivity index (χ1) is 7.36. The maximum Gasteiger partial charge on any atom is 0.239 e. The number of halogens is 2. The maximum absolute atomic E-state index is 11.1. The lowest BCUT2D eigenvalue weighted by atomic mass is 10.3. The molecule has 1 rings (SSSR count). The second kappa shape index (κ2) is 5.23. The van der Waals surface area contributed by atoms with Crippen LogP contribution in [0.25, 0.3) is 0 Å². The van der Waals surface area contributed by atoms with E-state index in [9.17, 15) is 8.42 Å². The predicted molar refractivity (Wildman–Crippen MR) is 63.6 cm³/mol. The molecular formula is C9H11Cl2NO3S. The molecule has 1 aromatic rings. The van der Waals surface area contributed by atoms with Crippen molar-refractivity contribution in [3.8, 4) is 5.75 Å². The fourth-order valence-corrected chi connectivity index (χ4v) is 2.42. The van der Waals surface area contributed by atoms with E-state index in [0.29, 0.717) is 12.4 Å². The molecule has 0 saturated heterocycles. The highest BCUT2D eigenvalue weighted by atomic mass is 35.5. The summed E-state index contributed by atoms with van der Waals surface area (Å²) in [6.07, 6.45) is 0.810. The summed E-state index contributed by atoms with van der Waals surface area (Å²) in [6, 6.07) is 2.53. The molecule has 0 aromatic heterocycles. The monoisotopic (exact) mass is 283 g/mol. The van der Waals surface area contributed by atoms with Crippen molar-refractivity contribution in [2.75, 3.05) is 6.61 Å². The van der Waals surface area contributed by atoms with Gasteiger partial charge in [-0.2, -0.15) is 0 Å². The molecular weight excluding hydrogens is 273 g/mol. The van der Waals surface area contributed by atoms with Crippen molar-refractivity contribution in [3.05, 3.63) is 22.2 Å². The lowest BCUT2D eigenvalue weighted by Gasteiger charge is -2.09. The van der Waals surface area contributed by atoms with E-state index in [0.717, 1.165) is 6.42 Å². The van der Waals surface area contributed by atoms with Crippen molar-refractivity contribution in [3.63, 3.8) is 0 Å². The number of hydrogen-bond donors (Lipinski definition) is 1. The zero-order valence-electron chi connectivity index (χ0n) is 8.54. The summed E-state index contributed by atoms with van der Waals surface area (Å²) in [7, 11) is -3.87. The van der Waals surface area contributed by atoms with Gasteiger partial charge < -0.3 is 4.74 Å². The lowest BCUT2D eigenvalue weighted by molar-refractivity contribution is 0.317. The van der Waals surface area contributed by atoms with E-state index in [1.54, 1.807) is 0 Å². The Morgan fingerprint density at radius 1 is 1.31 bits per heavy atom. The Bertz CT molecular complexity index is 488.